The number of nitrogens with zero attached hydrogens (tertiary/aromatic N) is 3. The molecule has 0 N–H and O–H groups in total. The molecule has 0 unspecified atom stereocenters. The van der Waals surface area contributed by atoms with Crippen LogP contribution in [0.4, 0.5) is 0 Å². The summed E-state index contributed by atoms with van der Waals surface area (Å²) < 4.78 is 0. The van der Waals surface area contributed by atoms with Crippen molar-refractivity contribution in [3.8, 4) is 56.3 Å². The van der Waals surface area contributed by atoms with Gasteiger partial charge in [0.25, 0.3) is 0 Å². The number of aromatic nitrogens is 3. The van der Waals surface area contributed by atoms with Crippen molar-refractivity contribution in [2.24, 2.45) is 0 Å². The predicted molar refractivity (Wildman–Crippen MR) is 182 cm³/mol. The van der Waals surface area contributed by atoms with Crippen molar-refractivity contribution in [2.45, 2.75) is 0 Å². The maximum Gasteiger partial charge on any atom is 0.160 e. The minimum absolute atomic E-state index is 0.695. The van der Waals surface area contributed by atoms with Crippen LogP contribution >= 0.6 is 0 Å². The largest absolute Gasteiger partial charge is 0.247 e. The van der Waals surface area contributed by atoms with Gasteiger partial charge in [0, 0.05) is 33.2 Å². The lowest BCUT2D eigenvalue weighted by Crippen LogP contribution is -1.96. The summed E-state index contributed by atoms with van der Waals surface area (Å²) >= 11 is 0. The standard InChI is InChI=1S/C41H27N3/c1-4-12-28(13-5-1)37-27-38(29-14-6-2-7-15-29)44-41(43-37)32-22-20-30(21-23-32)36-25-24-34-26-33-18-10-11-19-35(33)39(40(34)42-36)31-16-8-3-9-17-31/h1-27H. The molecular formula is C41H27N3. The topological polar surface area (TPSA) is 38.7 Å². The highest BCUT2D eigenvalue weighted by Crippen LogP contribution is 2.37. The molecule has 0 aliphatic carbocycles. The molecule has 3 nitrogen and oxygen atoms in total. The number of rotatable bonds is 5. The fourth-order valence-corrected chi connectivity index (χ4v) is 5.87. The summed E-state index contributed by atoms with van der Waals surface area (Å²) in [6.07, 6.45) is 0. The molecule has 206 valence electrons. The Labute approximate surface area is 256 Å². The Bertz CT molecular complexity index is 2190. The van der Waals surface area contributed by atoms with E-state index in [0.717, 1.165) is 55.8 Å². The van der Waals surface area contributed by atoms with Crippen molar-refractivity contribution in [2.75, 3.05) is 0 Å². The molecule has 2 aromatic heterocycles. The summed E-state index contributed by atoms with van der Waals surface area (Å²) in [5.41, 5.74) is 10.2. The number of hydrogen-bond donors (Lipinski definition) is 0. The molecule has 44 heavy (non-hydrogen) atoms. The first-order chi connectivity index (χ1) is 21.8. The molecule has 2 heterocycles. The van der Waals surface area contributed by atoms with Crippen LogP contribution < -0.4 is 0 Å². The van der Waals surface area contributed by atoms with Gasteiger partial charge in [-0.05, 0) is 34.5 Å². The van der Waals surface area contributed by atoms with Crippen LogP contribution in [0.25, 0.3) is 78.0 Å². The highest BCUT2D eigenvalue weighted by Gasteiger charge is 2.14. The number of benzene rings is 6. The molecule has 8 aromatic rings. The van der Waals surface area contributed by atoms with E-state index in [9.17, 15) is 0 Å². The van der Waals surface area contributed by atoms with E-state index >= 15 is 0 Å². The second-order valence-electron chi connectivity index (χ2n) is 10.9. The van der Waals surface area contributed by atoms with E-state index in [-0.39, 0.29) is 0 Å². The van der Waals surface area contributed by atoms with Crippen LogP contribution in [0.1, 0.15) is 0 Å². The minimum atomic E-state index is 0.695. The SMILES string of the molecule is c1ccc(-c2cc(-c3ccccc3)nc(-c3ccc(-c4ccc5cc6ccccc6c(-c6ccccc6)c5n4)cc3)n2)cc1. The highest BCUT2D eigenvalue weighted by atomic mass is 14.9. The van der Waals surface area contributed by atoms with Crippen LogP contribution in [-0.2, 0) is 0 Å². The average Bonchev–Trinajstić information content (AvgIpc) is 3.11. The van der Waals surface area contributed by atoms with Gasteiger partial charge in [-0.25, -0.2) is 15.0 Å². The van der Waals surface area contributed by atoms with Crippen LogP contribution in [0.5, 0.6) is 0 Å². The average molecular weight is 562 g/mol. The van der Waals surface area contributed by atoms with Gasteiger partial charge in [0.05, 0.1) is 22.6 Å². The molecular weight excluding hydrogens is 534 g/mol. The first kappa shape index (κ1) is 25.8. The van der Waals surface area contributed by atoms with Crippen molar-refractivity contribution in [3.63, 3.8) is 0 Å². The Morgan fingerprint density at radius 1 is 0.318 bits per heavy atom. The molecule has 0 spiro atoms. The summed E-state index contributed by atoms with van der Waals surface area (Å²) in [5.74, 6) is 0.695. The van der Waals surface area contributed by atoms with Gasteiger partial charge in [0.1, 0.15) is 0 Å². The molecule has 6 aromatic carbocycles. The molecule has 0 aliphatic rings. The molecule has 0 saturated heterocycles. The maximum atomic E-state index is 5.25. The van der Waals surface area contributed by atoms with Crippen LogP contribution in [0.15, 0.2) is 164 Å². The van der Waals surface area contributed by atoms with Gasteiger partial charge in [-0.2, -0.15) is 0 Å². The second kappa shape index (κ2) is 11.0. The summed E-state index contributed by atoms with van der Waals surface area (Å²) in [4.78, 5) is 15.2. The molecule has 0 radical (unpaired) electrons. The Hall–Kier alpha value is -5.93. The smallest absolute Gasteiger partial charge is 0.160 e. The zero-order valence-corrected chi connectivity index (χ0v) is 23.9. The van der Waals surface area contributed by atoms with Gasteiger partial charge >= 0.3 is 0 Å². The maximum absolute atomic E-state index is 5.25. The lowest BCUT2D eigenvalue weighted by molar-refractivity contribution is 1.18. The third-order valence-electron chi connectivity index (χ3n) is 8.07. The van der Waals surface area contributed by atoms with Crippen molar-refractivity contribution < 1.29 is 0 Å². The van der Waals surface area contributed by atoms with E-state index in [1.165, 1.54) is 16.3 Å². The Kier molecular flexibility index (Phi) is 6.47. The zero-order chi connectivity index (χ0) is 29.3. The van der Waals surface area contributed by atoms with Gasteiger partial charge in [-0.15, -0.1) is 0 Å². The van der Waals surface area contributed by atoms with E-state index in [1.54, 1.807) is 0 Å². The normalized spacial score (nSPS) is 11.2. The molecule has 0 saturated carbocycles. The summed E-state index contributed by atoms with van der Waals surface area (Å²) in [6.45, 7) is 0. The van der Waals surface area contributed by atoms with Crippen molar-refractivity contribution in [1.82, 2.24) is 15.0 Å². The predicted octanol–water partition coefficient (Wildman–Crippen LogP) is 10.5. The van der Waals surface area contributed by atoms with Gasteiger partial charge in [-0.3, -0.25) is 0 Å². The Balaban J connectivity index is 1.23. The monoisotopic (exact) mass is 561 g/mol. The fraction of sp³-hybridized carbons (Fsp3) is 0. The first-order valence-corrected chi connectivity index (χ1v) is 14.8. The molecule has 0 atom stereocenters. The van der Waals surface area contributed by atoms with Crippen molar-refractivity contribution >= 4 is 21.7 Å². The number of fused-ring (bicyclic) bond motifs is 2. The van der Waals surface area contributed by atoms with E-state index in [4.69, 9.17) is 15.0 Å². The molecule has 0 fully saturated rings. The first-order valence-electron chi connectivity index (χ1n) is 14.8. The molecule has 0 amide bonds. The van der Waals surface area contributed by atoms with Crippen LogP contribution in [0.3, 0.4) is 0 Å². The quantitative estimate of drug-likeness (QED) is 0.196. The van der Waals surface area contributed by atoms with Gasteiger partial charge in [-0.1, -0.05) is 146 Å². The molecule has 8 rings (SSSR count). The van der Waals surface area contributed by atoms with Crippen molar-refractivity contribution in [1.29, 1.82) is 0 Å². The molecule has 3 heteroatoms. The fourth-order valence-electron chi connectivity index (χ4n) is 5.87. The van der Waals surface area contributed by atoms with E-state index in [2.05, 4.69) is 127 Å². The lowest BCUT2D eigenvalue weighted by atomic mass is 9.94. The summed E-state index contributed by atoms with van der Waals surface area (Å²) in [5, 5.41) is 3.55. The molecule has 0 bridgehead atoms. The highest BCUT2D eigenvalue weighted by molar-refractivity contribution is 6.11. The van der Waals surface area contributed by atoms with E-state index < -0.39 is 0 Å². The third kappa shape index (κ3) is 4.81. The zero-order valence-electron chi connectivity index (χ0n) is 23.9. The Morgan fingerprint density at radius 3 is 1.48 bits per heavy atom. The number of hydrogen-bond acceptors (Lipinski definition) is 3. The van der Waals surface area contributed by atoms with Crippen molar-refractivity contribution in [3.05, 3.63) is 164 Å². The Morgan fingerprint density at radius 2 is 0.841 bits per heavy atom. The second-order valence-corrected chi connectivity index (χ2v) is 10.9. The van der Waals surface area contributed by atoms with Crippen LogP contribution in [0, 0.1) is 0 Å². The van der Waals surface area contributed by atoms with Crippen LogP contribution in [0.2, 0.25) is 0 Å². The number of pyridine rings is 1. The van der Waals surface area contributed by atoms with E-state index in [1.807, 2.05) is 36.4 Å². The summed E-state index contributed by atoms with van der Waals surface area (Å²) in [7, 11) is 0. The summed E-state index contributed by atoms with van der Waals surface area (Å²) in [6, 6.07) is 56.7. The van der Waals surface area contributed by atoms with Crippen LogP contribution in [-0.4, -0.2) is 15.0 Å². The minimum Gasteiger partial charge on any atom is -0.247 e. The van der Waals surface area contributed by atoms with E-state index in [0.29, 0.717) is 5.82 Å². The lowest BCUT2D eigenvalue weighted by Gasteiger charge is -2.13. The third-order valence-corrected chi connectivity index (χ3v) is 8.07. The van der Waals surface area contributed by atoms with Gasteiger partial charge in [0.15, 0.2) is 5.82 Å². The molecule has 0 aliphatic heterocycles. The van der Waals surface area contributed by atoms with Gasteiger partial charge < -0.3 is 0 Å². The van der Waals surface area contributed by atoms with Gasteiger partial charge in [0.2, 0.25) is 0 Å².